The summed E-state index contributed by atoms with van der Waals surface area (Å²) in [5.41, 5.74) is 2.11. The predicted molar refractivity (Wildman–Crippen MR) is 131 cm³/mol. The summed E-state index contributed by atoms with van der Waals surface area (Å²) in [6.07, 6.45) is -2.40. The summed E-state index contributed by atoms with van der Waals surface area (Å²) in [4.78, 5) is 16.4. The Morgan fingerprint density at radius 1 is 0.917 bits per heavy atom. The lowest BCUT2D eigenvalue weighted by molar-refractivity contribution is -0.147. The normalized spacial score (nSPS) is 11.5. The standard InChI is InChI=1S/C25H16Cl3F4N3O/c26-20-4-1-14(9-22(20)28)12-34-23(36)17-8-15(13-35-6-5-33-24(35)25(30,31)32)7-16(10-17)19-3-2-18(29)11-21(19)27/h1-11H,12-13H2,(H,34,36). The number of nitrogens with one attached hydrogen (secondary N) is 1. The highest BCUT2D eigenvalue weighted by molar-refractivity contribution is 6.42. The molecule has 0 atom stereocenters. The quantitative estimate of drug-likeness (QED) is 0.248. The lowest BCUT2D eigenvalue weighted by atomic mass is 9.99. The number of hydrogen-bond acceptors (Lipinski definition) is 2. The summed E-state index contributed by atoms with van der Waals surface area (Å²) < 4.78 is 54.5. The first-order valence-corrected chi connectivity index (χ1v) is 11.5. The van der Waals surface area contributed by atoms with Gasteiger partial charge in [-0.05, 0) is 65.2 Å². The second kappa shape index (κ2) is 10.5. The number of rotatable bonds is 6. The Hall–Kier alpha value is -3.07. The lowest BCUT2D eigenvalue weighted by Gasteiger charge is -2.14. The summed E-state index contributed by atoms with van der Waals surface area (Å²) in [6.45, 7) is -0.0824. The summed E-state index contributed by atoms with van der Waals surface area (Å²) in [5, 5.41) is 3.55. The van der Waals surface area contributed by atoms with Gasteiger partial charge in [-0.15, -0.1) is 0 Å². The topological polar surface area (TPSA) is 46.9 Å². The van der Waals surface area contributed by atoms with Gasteiger partial charge in [-0.1, -0.05) is 40.9 Å². The number of hydrogen-bond donors (Lipinski definition) is 1. The monoisotopic (exact) mass is 555 g/mol. The van der Waals surface area contributed by atoms with Crippen molar-refractivity contribution in [2.24, 2.45) is 0 Å². The fourth-order valence-electron chi connectivity index (χ4n) is 3.62. The van der Waals surface area contributed by atoms with Gasteiger partial charge in [-0.25, -0.2) is 9.37 Å². The van der Waals surface area contributed by atoms with Crippen LogP contribution in [0.1, 0.15) is 27.3 Å². The van der Waals surface area contributed by atoms with Crippen LogP contribution in [0.2, 0.25) is 15.1 Å². The van der Waals surface area contributed by atoms with Gasteiger partial charge in [-0.3, -0.25) is 4.79 Å². The summed E-state index contributed by atoms with van der Waals surface area (Å²) in [6, 6.07) is 13.3. The number of carbonyl (C=O) groups is 1. The third kappa shape index (κ3) is 6.00. The smallest absolute Gasteiger partial charge is 0.348 e. The molecular weight excluding hydrogens is 541 g/mol. The molecule has 0 saturated carbocycles. The van der Waals surface area contributed by atoms with Gasteiger partial charge in [0, 0.05) is 36.6 Å². The van der Waals surface area contributed by atoms with Gasteiger partial charge < -0.3 is 9.88 Å². The van der Waals surface area contributed by atoms with Crippen LogP contribution in [-0.4, -0.2) is 15.5 Å². The van der Waals surface area contributed by atoms with Crippen molar-refractivity contribution in [1.82, 2.24) is 14.9 Å². The molecule has 0 aliphatic heterocycles. The van der Waals surface area contributed by atoms with E-state index in [1.165, 1.54) is 30.5 Å². The molecule has 3 aromatic carbocycles. The van der Waals surface area contributed by atoms with Crippen molar-refractivity contribution in [2.45, 2.75) is 19.3 Å². The molecule has 0 aliphatic rings. The highest BCUT2D eigenvalue weighted by Crippen LogP contribution is 2.32. The van der Waals surface area contributed by atoms with E-state index in [1.54, 1.807) is 24.3 Å². The fourth-order valence-corrected chi connectivity index (χ4v) is 4.21. The van der Waals surface area contributed by atoms with Gasteiger partial charge in [-0.2, -0.15) is 13.2 Å². The number of alkyl halides is 3. The molecule has 0 spiro atoms. The zero-order valence-corrected chi connectivity index (χ0v) is 20.5. The molecular formula is C25H16Cl3F4N3O. The minimum Gasteiger partial charge on any atom is -0.348 e. The number of halogens is 7. The zero-order chi connectivity index (χ0) is 26.0. The lowest BCUT2D eigenvalue weighted by Crippen LogP contribution is -2.23. The number of carbonyl (C=O) groups excluding carboxylic acids is 1. The van der Waals surface area contributed by atoms with E-state index < -0.39 is 23.7 Å². The molecule has 36 heavy (non-hydrogen) atoms. The molecule has 11 heteroatoms. The van der Waals surface area contributed by atoms with Crippen LogP contribution in [0.15, 0.2) is 67.0 Å². The third-order valence-electron chi connectivity index (χ3n) is 5.26. The van der Waals surface area contributed by atoms with Gasteiger partial charge in [0.1, 0.15) is 5.82 Å². The molecule has 186 valence electrons. The summed E-state index contributed by atoms with van der Waals surface area (Å²) in [7, 11) is 0. The van der Waals surface area contributed by atoms with E-state index in [9.17, 15) is 22.4 Å². The SMILES string of the molecule is O=C(NCc1ccc(Cl)c(Cl)c1)c1cc(Cn2ccnc2C(F)(F)F)cc(-c2ccc(F)cc2Cl)c1. The molecule has 4 nitrogen and oxygen atoms in total. The Morgan fingerprint density at radius 2 is 1.69 bits per heavy atom. The van der Waals surface area contributed by atoms with Crippen molar-refractivity contribution in [3.8, 4) is 11.1 Å². The average molecular weight is 557 g/mol. The molecule has 0 aliphatic carbocycles. The molecule has 4 aromatic rings. The molecule has 1 N–H and O–H groups in total. The first-order valence-electron chi connectivity index (χ1n) is 10.4. The Kier molecular flexibility index (Phi) is 7.59. The van der Waals surface area contributed by atoms with Crippen LogP contribution < -0.4 is 5.32 Å². The molecule has 0 saturated heterocycles. The largest absolute Gasteiger partial charge is 0.449 e. The third-order valence-corrected chi connectivity index (χ3v) is 6.31. The van der Waals surface area contributed by atoms with Gasteiger partial charge in [0.05, 0.1) is 15.1 Å². The van der Waals surface area contributed by atoms with Crippen molar-refractivity contribution in [1.29, 1.82) is 0 Å². The van der Waals surface area contributed by atoms with Crippen LogP contribution in [0.5, 0.6) is 0 Å². The van der Waals surface area contributed by atoms with Crippen molar-refractivity contribution >= 4 is 40.7 Å². The number of benzene rings is 3. The summed E-state index contributed by atoms with van der Waals surface area (Å²) >= 11 is 18.2. The van der Waals surface area contributed by atoms with Crippen LogP contribution in [-0.2, 0) is 19.3 Å². The average Bonchev–Trinajstić information content (AvgIpc) is 3.28. The van der Waals surface area contributed by atoms with Gasteiger partial charge >= 0.3 is 6.18 Å². The van der Waals surface area contributed by atoms with Gasteiger partial charge in [0.15, 0.2) is 0 Å². The minimum atomic E-state index is -4.65. The van der Waals surface area contributed by atoms with Crippen molar-refractivity contribution in [3.63, 3.8) is 0 Å². The molecule has 0 fully saturated rings. The van der Waals surface area contributed by atoms with Gasteiger partial charge in [0.2, 0.25) is 5.82 Å². The van der Waals surface area contributed by atoms with Crippen LogP contribution in [0, 0.1) is 5.82 Å². The number of imidazole rings is 1. The second-order valence-electron chi connectivity index (χ2n) is 7.85. The van der Waals surface area contributed by atoms with Crippen molar-refractivity contribution in [3.05, 3.63) is 110 Å². The van der Waals surface area contributed by atoms with E-state index in [2.05, 4.69) is 10.3 Å². The number of aromatic nitrogens is 2. The minimum absolute atomic E-state index is 0.0907. The molecule has 0 bridgehead atoms. The van der Waals surface area contributed by atoms with E-state index in [0.717, 1.165) is 16.8 Å². The molecule has 4 rings (SSSR count). The molecule has 1 heterocycles. The Morgan fingerprint density at radius 3 is 2.39 bits per heavy atom. The maximum Gasteiger partial charge on any atom is 0.449 e. The van der Waals surface area contributed by atoms with E-state index in [-0.39, 0.29) is 23.7 Å². The highest BCUT2D eigenvalue weighted by Gasteiger charge is 2.36. The fraction of sp³-hybridized carbons (Fsp3) is 0.120. The Labute approximate surface area is 218 Å². The number of nitrogens with zero attached hydrogens (tertiary/aromatic N) is 2. The van der Waals surface area contributed by atoms with Crippen LogP contribution in [0.4, 0.5) is 17.6 Å². The molecule has 0 unspecified atom stereocenters. The summed E-state index contributed by atoms with van der Waals surface area (Å²) in [5.74, 6) is -2.10. The van der Waals surface area contributed by atoms with E-state index in [1.807, 2.05) is 0 Å². The van der Waals surface area contributed by atoms with E-state index in [0.29, 0.717) is 32.3 Å². The highest BCUT2D eigenvalue weighted by atomic mass is 35.5. The molecule has 0 radical (unpaired) electrons. The Balaban J connectivity index is 1.69. The maximum atomic E-state index is 13.6. The van der Waals surface area contributed by atoms with Crippen LogP contribution in [0.3, 0.4) is 0 Å². The van der Waals surface area contributed by atoms with Crippen LogP contribution >= 0.6 is 34.8 Å². The second-order valence-corrected chi connectivity index (χ2v) is 9.07. The van der Waals surface area contributed by atoms with Crippen molar-refractivity contribution in [2.75, 3.05) is 0 Å². The van der Waals surface area contributed by atoms with E-state index in [4.69, 9.17) is 34.8 Å². The zero-order valence-electron chi connectivity index (χ0n) is 18.2. The first kappa shape index (κ1) is 26.0. The maximum absolute atomic E-state index is 13.6. The number of amides is 1. The first-order chi connectivity index (χ1) is 17.0. The molecule has 1 aromatic heterocycles. The van der Waals surface area contributed by atoms with Gasteiger partial charge in [0.25, 0.3) is 5.91 Å². The predicted octanol–water partition coefficient (Wildman–Crippen LogP) is 7.65. The van der Waals surface area contributed by atoms with E-state index >= 15 is 0 Å². The Bertz CT molecular complexity index is 1440. The van der Waals surface area contributed by atoms with Crippen molar-refractivity contribution < 1.29 is 22.4 Å². The van der Waals surface area contributed by atoms with Crippen LogP contribution in [0.25, 0.3) is 11.1 Å². The molecule has 1 amide bonds.